The Hall–Kier alpha value is -3.65. The summed E-state index contributed by atoms with van der Waals surface area (Å²) in [5.74, 6) is -0.283. The highest BCUT2D eigenvalue weighted by Gasteiger charge is 2.08. The minimum atomic E-state index is -0.283. The number of anilines is 3. The molecule has 0 unspecified atom stereocenters. The standard InChI is InChI=1S/C19H14N4O/c20-11-14-5-4-8-17(9-14)23-19(24)15-10-18(13-21-12-15)22-16-6-2-1-3-7-16/h1-10,12-13,22H,(H,23,24). The number of amides is 1. The van der Waals surface area contributed by atoms with E-state index in [1.165, 1.54) is 6.20 Å². The first-order valence-corrected chi connectivity index (χ1v) is 7.33. The van der Waals surface area contributed by atoms with Gasteiger partial charge < -0.3 is 10.6 Å². The van der Waals surface area contributed by atoms with Crippen LogP contribution in [0.5, 0.6) is 0 Å². The second-order valence-electron chi connectivity index (χ2n) is 5.10. The molecule has 5 nitrogen and oxygen atoms in total. The summed E-state index contributed by atoms with van der Waals surface area (Å²) in [6, 6.07) is 20.2. The Kier molecular flexibility index (Phi) is 4.50. The van der Waals surface area contributed by atoms with Crippen LogP contribution in [0.3, 0.4) is 0 Å². The number of nitrogens with one attached hydrogen (secondary N) is 2. The molecule has 5 heteroatoms. The van der Waals surface area contributed by atoms with Crippen molar-refractivity contribution in [2.45, 2.75) is 0 Å². The predicted octanol–water partition coefficient (Wildman–Crippen LogP) is 3.95. The van der Waals surface area contributed by atoms with E-state index in [-0.39, 0.29) is 5.91 Å². The van der Waals surface area contributed by atoms with E-state index in [9.17, 15) is 4.79 Å². The predicted molar refractivity (Wildman–Crippen MR) is 93.1 cm³/mol. The van der Waals surface area contributed by atoms with Crippen LogP contribution in [0, 0.1) is 11.3 Å². The van der Waals surface area contributed by atoms with E-state index >= 15 is 0 Å². The minimum Gasteiger partial charge on any atom is -0.354 e. The van der Waals surface area contributed by atoms with Crippen molar-refractivity contribution in [2.75, 3.05) is 10.6 Å². The molecule has 0 saturated heterocycles. The summed E-state index contributed by atoms with van der Waals surface area (Å²) in [7, 11) is 0. The molecule has 0 atom stereocenters. The fraction of sp³-hybridized carbons (Fsp3) is 0. The number of nitrogens with zero attached hydrogens (tertiary/aromatic N) is 2. The number of carbonyl (C=O) groups is 1. The Labute approximate surface area is 139 Å². The van der Waals surface area contributed by atoms with Crippen molar-refractivity contribution >= 4 is 23.0 Å². The summed E-state index contributed by atoms with van der Waals surface area (Å²) in [6.07, 6.45) is 3.15. The van der Waals surface area contributed by atoms with Crippen LogP contribution in [0.2, 0.25) is 0 Å². The number of pyridine rings is 1. The Morgan fingerprint density at radius 1 is 0.917 bits per heavy atom. The van der Waals surface area contributed by atoms with Crippen LogP contribution < -0.4 is 10.6 Å². The summed E-state index contributed by atoms with van der Waals surface area (Å²) in [6.45, 7) is 0. The first-order valence-electron chi connectivity index (χ1n) is 7.33. The fourth-order valence-electron chi connectivity index (χ4n) is 2.19. The smallest absolute Gasteiger partial charge is 0.257 e. The van der Waals surface area contributed by atoms with Crippen LogP contribution in [0.25, 0.3) is 0 Å². The van der Waals surface area contributed by atoms with Crippen LogP contribution >= 0.6 is 0 Å². The van der Waals surface area contributed by atoms with Crippen LogP contribution in [-0.2, 0) is 0 Å². The molecule has 2 aromatic carbocycles. The van der Waals surface area contributed by atoms with E-state index in [2.05, 4.69) is 15.6 Å². The maximum atomic E-state index is 12.4. The summed E-state index contributed by atoms with van der Waals surface area (Å²) >= 11 is 0. The zero-order valence-corrected chi connectivity index (χ0v) is 12.7. The number of para-hydroxylation sites is 1. The average molecular weight is 314 g/mol. The Bertz CT molecular complexity index is 900. The van der Waals surface area contributed by atoms with Gasteiger partial charge in [-0.05, 0) is 36.4 Å². The van der Waals surface area contributed by atoms with Crippen LogP contribution in [0.4, 0.5) is 17.1 Å². The van der Waals surface area contributed by atoms with Crippen molar-refractivity contribution in [3.63, 3.8) is 0 Å². The van der Waals surface area contributed by atoms with Crippen LogP contribution in [0.15, 0.2) is 73.1 Å². The number of carbonyl (C=O) groups excluding carboxylic acids is 1. The number of aromatic nitrogens is 1. The number of nitriles is 1. The van der Waals surface area contributed by atoms with E-state index in [0.717, 1.165) is 11.4 Å². The third-order valence-corrected chi connectivity index (χ3v) is 3.31. The van der Waals surface area contributed by atoms with Gasteiger partial charge in [-0.25, -0.2) is 0 Å². The van der Waals surface area contributed by atoms with E-state index < -0.39 is 0 Å². The largest absolute Gasteiger partial charge is 0.354 e. The molecule has 0 bridgehead atoms. The van der Waals surface area contributed by atoms with Crippen molar-refractivity contribution in [1.29, 1.82) is 5.26 Å². The lowest BCUT2D eigenvalue weighted by Gasteiger charge is -2.09. The van der Waals surface area contributed by atoms with Crippen molar-refractivity contribution in [3.05, 3.63) is 84.2 Å². The molecule has 0 spiro atoms. The molecular formula is C19H14N4O. The number of hydrogen-bond acceptors (Lipinski definition) is 4. The molecule has 0 aliphatic carbocycles. The summed E-state index contributed by atoms with van der Waals surface area (Å²) in [5.41, 5.74) is 3.13. The van der Waals surface area contributed by atoms with Gasteiger partial charge >= 0.3 is 0 Å². The molecular weight excluding hydrogens is 300 g/mol. The van der Waals surface area contributed by atoms with Gasteiger partial charge in [0.05, 0.1) is 29.1 Å². The van der Waals surface area contributed by atoms with Gasteiger partial charge in [0.25, 0.3) is 5.91 Å². The van der Waals surface area contributed by atoms with E-state index in [0.29, 0.717) is 16.8 Å². The molecule has 0 saturated carbocycles. The zero-order chi connectivity index (χ0) is 16.8. The fourth-order valence-corrected chi connectivity index (χ4v) is 2.19. The lowest BCUT2D eigenvalue weighted by Crippen LogP contribution is -2.12. The Morgan fingerprint density at radius 3 is 2.50 bits per heavy atom. The molecule has 0 aliphatic rings. The summed E-state index contributed by atoms with van der Waals surface area (Å²) < 4.78 is 0. The number of rotatable bonds is 4. The SMILES string of the molecule is N#Cc1cccc(NC(=O)c2cncc(Nc3ccccc3)c2)c1. The van der Waals surface area contributed by atoms with Gasteiger partial charge in [-0.3, -0.25) is 9.78 Å². The lowest BCUT2D eigenvalue weighted by molar-refractivity contribution is 0.102. The number of benzene rings is 2. The zero-order valence-electron chi connectivity index (χ0n) is 12.7. The third kappa shape index (κ3) is 3.76. The lowest BCUT2D eigenvalue weighted by atomic mass is 10.2. The topological polar surface area (TPSA) is 77.8 Å². The molecule has 116 valence electrons. The molecule has 1 heterocycles. The summed E-state index contributed by atoms with van der Waals surface area (Å²) in [4.78, 5) is 16.5. The van der Waals surface area contributed by atoms with E-state index in [1.807, 2.05) is 36.4 Å². The first-order chi connectivity index (χ1) is 11.7. The average Bonchev–Trinajstić information content (AvgIpc) is 2.63. The maximum Gasteiger partial charge on any atom is 0.257 e. The molecule has 0 aliphatic heterocycles. The molecule has 2 N–H and O–H groups in total. The third-order valence-electron chi connectivity index (χ3n) is 3.31. The summed E-state index contributed by atoms with van der Waals surface area (Å²) in [5, 5.41) is 14.9. The maximum absolute atomic E-state index is 12.4. The van der Waals surface area contributed by atoms with Gasteiger partial charge in [-0.15, -0.1) is 0 Å². The van der Waals surface area contributed by atoms with Crippen molar-refractivity contribution in [3.8, 4) is 6.07 Å². The van der Waals surface area contributed by atoms with Crippen molar-refractivity contribution < 1.29 is 4.79 Å². The van der Waals surface area contributed by atoms with E-state index in [1.54, 1.807) is 36.5 Å². The minimum absolute atomic E-state index is 0.283. The van der Waals surface area contributed by atoms with Crippen LogP contribution in [-0.4, -0.2) is 10.9 Å². The van der Waals surface area contributed by atoms with Gasteiger partial charge in [0.15, 0.2) is 0 Å². The molecule has 1 amide bonds. The molecule has 0 fully saturated rings. The highest BCUT2D eigenvalue weighted by atomic mass is 16.1. The molecule has 1 aromatic heterocycles. The molecule has 3 aromatic rings. The molecule has 0 radical (unpaired) electrons. The van der Waals surface area contributed by atoms with Crippen LogP contribution in [0.1, 0.15) is 15.9 Å². The number of hydrogen-bond donors (Lipinski definition) is 2. The highest BCUT2D eigenvalue weighted by molar-refractivity contribution is 6.04. The van der Waals surface area contributed by atoms with Gasteiger partial charge in [-0.1, -0.05) is 24.3 Å². The van der Waals surface area contributed by atoms with Gasteiger partial charge in [-0.2, -0.15) is 5.26 Å². The molecule has 24 heavy (non-hydrogen) atoms. The second kappa shape index (κ2) is 7.07. The first kappa shape index (κ1) is 15.3. The normalized spacial score (nSPS) is 9.79. The molecule has 3 rings (SSSR count). The quantitative estimate of drug-likeness (QED) is 0.764. The van der Waals surface area contributed by atoms with Crippen molar-refractivity contribution in [2.24, 2.45) is 0 Å². The van der Waals surface area contributed by atoms with Gasteiger partial charge in [0.1, 0.15) is 0 Å². The van der Waals surface area contributed by atoms with Crippen molar-refractivity contribution in [1.82, 2.24) is 4.98 Å². The second-order valence-corrected chi connectivity index (χ2v) is 5.10. The van der Waals surface area contributed by atoms with E-state index in [4.69, 9.17) is 5.26 Å². The van der Waals surface area contributed by atoms with Gasteiger partial charge in [0, 0.05) is 17.6 Å². The van der Waals surface area contributed by atoms with Gasteiger partial charge in [0.2, 0.25) is 0 Å². The Balaban J connectivity index is 1.75. The Morgan fingerprint density at radius 2 is 1.71 bits per heavy atom. The monoisotopic (exact) mass is 314 g/mol. The highest BCUT2D eigenvalue weighted by Crippen LogP contribution is 2.17.